The van der Waals surface area contributed by atoms with Crippen molar-refractivity contribution in [2.45, 2.75) is 0 Å². The van der Waals surface area contributed by atoms with Crippen molar-refractivity contribution < 1.29 is 13.1 Å². The number of thiol groups is 1. The minimum Gasteiger partial charge on any atom is -0.243 e. The van der Waals surface area contributed by atoms with Crippen LogP contribution < -0.4 is 4.52 Å². The smallest absolute Gasteiger partial charge is 0.243 e. The fraction of sp³-hybridized carbons (Fsp3) is 0. The highest BCUT2D eigenvalue weighted by Gasteiger charge is 2.22. The Labute approximate surface area is 72.8 Å². The normalized spacial score (nSPS) is 11.2. The average molecular weight is 211 g/mol. The molecule has 1 heterocycles. The van der Waals surface area contributed by atoms with E-state index in [1.54, 1.807) is 0 Å². The first kappa shape index (κ1) is 8.86. The lowest BCUT2D eigenvalue weighted by Crippen LogP contribution is -1.80. The predicted octanol–water partition coefficient (Wildman–Crippen LogP) is 1.96. The number of rotatable bonds is 4. The monoisotopic (exact) mass is 211 g/mol. The van der Waals surface area contributed by atoms with Crippen LogP contribution in [0.4, 0.5) is 0 Å². The number of hydrogen-bond acceptors (Lipinski definition) is 6. The van der Waals surface area contributed by atoms with Crippen molar-refractivity contribution in [3.8, 4) is 5.88 Å². The Morgan fingerprint density at radius 2 is 2.64 bits per heavy atom. The summed E-state index contributed by atoms with van der Waals surface area (Å²) >= 11 is 4.30. The molecule has 0 aliphatic heterocycles. The lowest BCUT2D eigenvalue weighted by atomic mass is 10.7. The van der Waals surface area contributed by atoms with E-state index in [9.17, 15) is 4.57 Å². The first-order valence-corrected chi connectivity index (χ1v) is 5.34. The minimum absolute atomic E-state index is 0.300. The number of hydrogen-bond donors (Lipinski definition) is 2. The van der Waals surface area contributed by atoms with E-state index in [2.05, 4.69) is 25.8 Å². The van der Waals surface area contributed by atoms with E-state index in [0.29, 0.717) is 17.0 Å². The molecule has 1 atom stereocenters. The van der Waals surface area contributed by atoms with Crippen LogP contribution in [0.1, 0.15) is 0 Å². The van der Waals surface area contributed by atoms with Crippen LogP contribution in [-0.4, -0.2) is 10.2 Å². The number of H-pyrrole nitrogens is 1. The lowest BCUT2D eigenvalue weighted by molar-refractivity contribution is 0.431. The summed E-state index contributed by atoms with van der Waals surface area (Å²) in [6.45, 7) is 0. The second-order valence-corrected chi connectivity index (χ2v) is 3.21. The van der Waals surface area contributed by atoms with Crippen molar-refractivity contribution in [2.24, 2.45) is 0 Å². The van der Waals surface area contributed by atoms with Crippen molar-refractivity contribution in [1.29, 1.82) is 0 Å². The predicted molar refractivity (Wildman–Crippen MR) is 44.5 cm³/mol. The topological polar surface area (TPSA) is 64.2 Å². The van der Waals surface area contributed by atoms with Gasteiger partial charge in [0.05, 0.1) is 6.20 Å². The van der Waals surface area contributed by atoms with Crippen LogP contribution in [0.15, 0.2) is 12.3 Å². The van der Waals surface area contributed by atoms with Gasteiger partial charge in [-0.15, -0.1) is 0 Å². The van der Waals surface area contributed by atoms with Gasteiger partial charge in [-0.2, -0.15) is 5.10 Å². The molecule has 1 unspecified atom stereocenters. The van der Waals surface area contributed by atoms with E-state index in [4.69, 9.17) is 4.52 Å². The molecule has 0 amide bonds. The zero-order valence-corrected chi connectivity index (χ0v) is 7.73. The van der Waals surface area contributed by atoms with Crippen LogP contribution >= 0.6 is 31.0 Å². The Balaban J connectivity index is 2.37. The van der Waals surface area contributed by atoms with Crippen molar-refractivity contribution in [3.63, 3.8) is 0 Å². The van der Waals surface area contributed by atoms with E-state index in [0.717, 1.165) is 0 Å². The molecule has 5 nitrogen and oxygen atoms in total. The zero-order chi connectivity index (χ0) is 8.10. The van der Waals surface area contributed by atoms with Crippen molar-refractivity contribution in [1.82, 2.24) is 10.2 Å². The van der Waals surface area contributed by atoms with Gasteiger partial charge in [-0.3, -0.25) is 0 Å². The van der Waals surface area contributed by atoms with Crippen molar-refractivity contribution in [3.05, 3.63) is 12.3 Å². The van der Waals surface area contributed by atoms with Gasteiger partial charge in [0.2, 0.25) is 0 Å². The molecule has 0 saturated heterocycles. The zero-order valence-electron chi connectivity index (χ0n) is 5.13. The first-order chi connectivity index (χ1) is 5.33. The molecule has 1 N–H and O–H groups in total. The van der Waals surface area contributed by atoms with Crippen LogP contribution in [0.2, 0.25) is 0 Å². The Bertz CT molecular complexity index is 228. The lowest BCUT2D eigenvalue weighted by Gasteiger charge is -1.81. The molecule has 0 aromatic carbocycles. The van der Waals surface area contributed by atoms with Crippen LogP contribution in [0.3, 0.4) is 0 Å². The fourth-order valence-corrected chi connectivity index (χ4v) is 1.51. The van der Waals surface area contributed by atoms with Gasteiger partial charge in [0.1, 0.15) is 11.1 Å². The molecular formula is C3H4N2O3PS2+. The molecule has 8 heteroatoms. The Hall–Kier alpha value is -0.230. The summed E-state index contributed by atoms with van der Waals surface area (Å²) < 4.78 is 19.8. The highest BCUT2D eigenvalue weighted by Crippen LogP contribution is 2.32. The van der Waals surface area contributed by atoms with E-state index in [1.165, 1.54) is 12.3 Å². The summed E-state index contributed by atoms with van der Waals surface area (Å²) in [6.07, 6.45) is 1.48. The molecular weight excluding hydrogens is 207 g/mol. The summed E-state index contributed by atoms with van der Waals surface area (Å²) in [5.74, 6) is 0.300. The van der Waals surface area contributed by atoms with E-state index >= 15 is 0 Å². The second-order valence-electron chi connectivity index (χ2n) is 1.38. The van der Waals surface area contributed by atoms with Gasteiger partial charge in [0, 0.05) is 10.6 Å². The number of aromatic nitrogens is 2. The summed E-state index contributed by atoms with van der Waals surface area (Å²) in [5.41, 5.74) is 0. The van der Waals surface area contributed by atoms with Gasteiger partial charge in [-0.25, -0.2) is 9.62 Å². The molecule has 11 heavy (non-hydrogen) atoms. The molecule has 1 aromatic heterocycles. The third-order valence-corrected chi connectivity index (χ3v) is 2.44. The Kier molecular flexibility index (Phi) is 3.71. The van der Waals surface area contributed by atoms with Crippen LogP contribution in [0.5, 0.6) is 5.88 Å². The van der Waals surface area contributed by atoms with Crippen molar-refractivity contribution >= 4 is 31.0 Å². The molecule has 0 aliphatic rings. The molecule has 1 rings (SSSR count). The van der Waals surface area contributed by atoms with Crippen molar-refractivity contribution in [2.75, 3.05) is 0 Å². The average Bonchev–Trinajstić information content (AvgIpc) is 2.40. The molecule has 0 fully saturated rings. The quantitative estimate of drug-likeness (QED) is 0.345. The van der Waals surface area contributed by atoms with Gasteiger partial charge >= 0.3 is 8.25 Å². The maximum atomic E-state index is 10.7. The van der Waals surface area contributed by atoms with Gasteiger partial charge in [0.25, 0.3) is 5.88 Å². The highest BCUT2D eigenvalue weighted by molar-refractivity contribution is 8.67. The minimum atomic E-state index is -2.17. The molecule has 0 radical (unpaired) electrons. The number of nitrogens with one attached hydrogen (secondary N) is 1. The molecule has 0 bridgehead atoms. The fourth-order valence-electron chi connectivity index (χ4n) is 0.417. The molecule has 60 valence electrons. The third kappa shape index (κ3) is 3.11. The van der Waals surface area contributed by atoms with Gasteiger partial charge in [-0.05, 0) is 3.97 Å². The number of aromatic amines is 1. The standard InChI is InChI=1S/C3H3N2O3PS2/c6-9(8-11-10)7-3-1-2-4-5-3/h1-2H,(H-,4,5,10)/p+1. The van der Waals surface area contributed by atoms with Gasteiger partial charge in [-0.1, -0.05) is 11.7 Å². The summed E-state index contributed by atoms with van der Waals surface area (Å²) in [4.78, 5) is 0. The number of nitrogens with zero attached hydrogens (tertiary/aromatic N) is 1. The van der Waals surface area contributed by atoms with E-state index in [-0.39, 0.29) is 0 Å². The molecule has 0 aliphatic carbocycles. The second kappa shape index (κ2) is 4.61. The van der Waals surface area contributed by atoms with Gasteiger partial charge < -0.3 is 0 Å². The largest absolute Gasteiger partial charge is 0.765 e. The summed E-state index contributed by atoms with van der Waals surface area (Å²) in [5, 5.41) is 6.03. The van der Waals surface area contributed by atoms with Crippen LogP contribution in [-0.2, 0) is 8.54 Å². The Morgan fingerprint density at radius 3 is 3.18 bits per heavy atom. The highest BCUT2D eigenvalue weighted by atomic mass is 33.1. The molecule has 0 saturated carbocycles. The van der Waals surface area contributed by atoms with Crippen LogP contribution in [0.25, 0.3) is 0 Å². The Morgan fingerprint density at radius 1 is 1.82 bits per heavy atom. The van der Waals surface area contributed by atoms with E-state index < -0.39 is 8.25 Å². The maximum absolute atomic E-state index is 10.7. The first-order valence-electron chi connectivity index (χ1n) is 2.45. The summed E-state index contributed by atoms with van der Waals surface area (Å²) in [7, 11) is -2.17. The van der Waals surface area contributed by atoms with Gasteiger partial charge in [0.15, 0.2) is 0 Å². The molecule has 1 aromatic rings. The maximum Gasteiger partial charge on any atom is 0.765 e. The molecule has 0 spiro atoms. The van der Waals surface area contributed by atoms with E-state index in [1.807, 2.05) is 0 Å². The SMILES string of the molecule is O=[P+](OSS)Oc1ccn[nH]1. The van der Waals surface area contributed by atoms with Crippen LogP contribution in [0, 0.1) is 0 Å². The summed E-state index contributed by atoms with van der Waals surface area (Å²) in [6, 6.07) is 1.53. The third-order valence-electron chi connectivity index (χ3n) is 0.742.